The molecule has 0 spiro atoms. The number of nitrogens with zero attached hydrogens (tertiary/aromatic N) is 1. The van der Waals surface area contributed by atoms with Crippen LogP contribution in [0.2, 0.25) is 5.02 Å². The maximum absolute atomic E-state index is 12.8. The third-order valence-corrected chi connectivity index (χ3v) is 6.21. The van der Waals surface area contributed by atoms with Crippen LogP contribution in [0.4, 0.5) is 0 Å². The lowest BCUT2D eigenvalue weighted by molar-refractivity contribution is -0.135. The van der Waals surface area contributed by atoms with Crippen LogP contribution in [0, 0.1) is 5.92 Å². The van der Waals surface area contributed by atoms with Gasteiger partial charge in [-0.15, -0.1) is 0 Å². The Balaban J connectivity index is 1.30. The normalized spacial score (nSPS) is 16.6. The molecule has 2 N–H and O–H groups in total. The van der Waals surface area contributed by atoms with Crippen molar-refractivity contribution >= 4 is 34.3 Å². The zero-order valence-electron chi connectivity index (χ0n) is 16.9. The van der Waals surface area contributed by atoms with Gasteiger partial charge in [-0.3, -0.25) is 9.59 Å². The van der Waals surface area contributed by atoms with Crippen molar-refractivity contribution in [3.05, 3.63) is 70.9 Å². The Morgan fingerprint density at radius 2 is 1.90 bits per heavy atom. The van der Waals surface area contributed by atoms with Crippen molar-refractivity contribution in [2.24, 2.45) is 5.92 Å². The minimum absolute atomic E-state index is 0.0101. The summed E-state index contributed by atoms with van der Waals surface area (Å²) in [6, 6.07) is 15.6. The third kappa shape index (κ3) is 4.68. The van der Waals surface area contributed by atoms with Crippen LogP contribution in [-0.4, -0.2) is 34.8 Å². The molecule has 2 aromatic carbocycles. The standard InChI is InChI=1S/C24H26ClN3O2/c25-21-9-3-1-6-18(21)15-27-24(30)19-7-5-13-28(16-19)23(29)12-11-17-14-26-22-10-4-2-8-20(17)22/h1-4,6,8-10,14,19,26H,5,7,11-13,15-16H2,(H,27,30). The lowest BCUT2D eigenvalue weighted by Crippen LogP contribution is -2.45. The van der Waals surface area contributed by atoms with Crippen molar-refractivity contribution in [1.29, 1.82) is 0 Å². The Hall–Kier alpha value is -2.79. The quantitative estimate of drug-likeness (QED) is 0.620. The first-order chi connectivity index (χ1) is 14.6. The Bertz CT molecular complexity index is 1050. The number of H-pyrrole nitrogens is 1. The largest absolute Gasteiger partial charge is 0.361 e. The number of nitrogens with one attached hydrogen (secondary N) is 2. The Labute approximate surface area is 181 Å². The SMILES string of the molecule is O=C(NCc1ccccc1Cl)C1CCCN(C(=O)CCc2c[nH]c3ccccc23)C1. The average Bonchev–Trinajstić information content (AvgIpc) is 3.20. The molecule has 6 heteroatoms. The smallest absolute Gasteiger partial charge is 0.225 e. The predicted molar refractivity (Wildman–Crippen MR) is 119 cm³/mol. The van der Waals surface area contributed by atoms with Crippen LogP contribution in [-0.2, 0) is 22.6 Å². The molecule has 0 radical (unpaired) electrons. The van der Waals surface area contributed by atoms with Crippen molar-refractivity contribution in [3.8, 4) is 0 Å². The van der Waals surface area contributed by atoms with Crippen molar-refractivity contribution in [2.45, 2.75) is 32.2 Å². The van der Waals surface area contributed by atoms with E-state index < -0.39 is 0 Å². The molecule has 0 bridgehead atoms. The molecule has 1 aliphatic rings. The summed E-state index contributed by atoms with van der Waals surface area (Å²) in [5, 5.41) is 4.79. The second-order valence-corrected chi connectivity index (χ2v) is 8.25. The number of aryl methyl sites for hydroxylation is 1. The predicted octanol–water partition coefficient (Wildman–Crippen LogP) is 4.31. The van der Waals surface area contributed by atoms with Gasteiger partial charge in [0.25, 0.3) is 0 Å². The summed E-state index contributed by atoms with van der Waals surface area (Å²) in [5.74, 6) is -0.0637. The number of benzene rings is 2. The number of carbonyl (C=O) groups excluding carboxylic acids is 2. The molecule has 4 rings (SSSR count). The third-order valence-electron chi connectivity index (χ3n) is 5.84. The molecule has 2 heterocycles. The highest BCUT2D eigenvalue weighted by atomic mass is 35.5. The number of hydrogen-bond donors (Lipinski definition) is 2. The highest BCUT2D eigenvalue weighted by Crippen LogP contribution is 2.22. The number of para-hydroxylation sites is 1. The summed E-state index contributed by atoms with van der Waals surface area (Å²) in [5.41, 5.74) is 3.15. The summed E-state index contributed by atoms with van der Waals surface area (Å²) in [7, 11) is 0. The number of carbonyl (C=O) groups is 2. The van der Waals surface area contributed by atoms with Gasteiger partial charge < -0.3 is 15.2 Å². The minimum Gasteiger partial charge on any atom is -0.361 e. The van der Waals surface area contributed by atoms with Crippen molar-refractivity contribution in [2.75, 3.05) is 13.1 Å². The zero-order valence-corrected chi connectivity index (χ0v) is 17.6. The van der Waals surface area contributed by atoms with E-state index in [1.165, 1.54) is 5.39 Å². The van der Waals surface area contributed by atoms with Gasteiger partial charge in [0, 0.05) is 48.2 Å². The van der Waals surface area contributed by atoms with Crippen molar-refractivity contribution in [1.82, 2.24) is 15.2 Å². The molecule has 1 aliphatic heterocycles. The van der Waals surface area contributed by atoms with Gasteiger partial charge in [-0.1, -0.05) is 48.0 Å². The van der Waals surface area contributed by atoms with E-state index in [2.05, 4.69) is 16.4 Å². The number of likely N-dealkylation sites (tertiary alicyclic amines) is 1. The molecule has 1 saturated heterocycles. The van der Waals surface area contributed by atoms with Gasteiger partial charge in [-0.25, -0.2) is 0 Å². The van der Waals surface area contributed by atoms with E-state index in [0.29, 0.717) is 31.0 Å². The molecule has 2 amide bonds. The second kappa shape index (κ2) is 9.35. The number of rotatable bonds is 6. The molecule has 5 nitrogen and oxygen atoms in total. The molecule has 3 aromatic rings. The van der Waals surface area contributed by atoms with Crippen LogP contribution in [0.1, 0.15) is 30.4 Å². The zero-order chi connectivity index (χ0) is 20.9. The van der Waals surface area contributed by atoms with E-state index in [-0.39, 0.29) is 17.7 Å². The molecule has 0 saturated carbocycles. The maximum atomic E-state index is 12.8. The van der Waals surface area contributed by atoms with Crippen LogP contribution in [0.5, 0.6) is 0 Å². The first kappa shape index (κ1) is 20.5. The van der Waals surface area contributed by atoms with Gasteiger partial charge in [0.2, 0.25) is 11.8 Å². The number of piperidine rings is 1. The molecular formula is C24H26ClN3O2. The maximum Gasteiger partial charge on any atom is 0.225 e. The van der Waals surface area contributed by atoms with Gasteiger partial charge >= 0.3 is 0 Å². The number of aromatic nitrogens is 1. The van der Waals surface area contributed by atoms with Crippen LogP contribution in [0.15, 0.2) is 54.7 Å². The van der Waals surface area contributed by atoms with Crippen molar-refractivity contribution < 1.29 is 9.59 Å². The second-order valence-electron chi connectivity index (χ2n) is 7.85. The van der Waals surface area contributed by atoms with E-state index in [1.54, 1.807) is 0 Å². The van der Waals surface area contributed by atoms with E-state index in [9.17, 15) is 9.59 Å². The molecule has 156 valence electrons. The van der Waals surface area contributed by atoms with E-state index in [1.807, 2.05) is 53.6 Å². The van der Waals surface area contributed by atoms with Gasteiger partial charge in [-0.2, -0.15) is 0 Å². The van der Waals surface area contributed by atoms with Gasteiger partial charge in [0.15, 0.2) is 0 Å². The van der Waals surface area contributed by atoms with Crippen LogP contribution < -0.4 is 5.32 Å². The highest BCUT2D eigenvalue weighted by molar-refractivity contribution is 6.31. The van der Waals surface area contributed by atoms with Gasteiger partial charge in [0.05, 0.1) is 5.92 Å². The minimum atomic E-state index is -0.168. The fraction of sp³-hybridized carbons (Fsp3) is 0.333. The lowest BCUT2D eigenvalue weighted by Gasteiger charge is -2.32. The fourth-order valence-corrected chi connectivity index (χ4v) is 4.33. The first-order valence-electron chi connectivity index (χ1n) is 10.5. The molecule has 0 aliphatic carbocycles. The van der Waals surface area contributed by atoms with E-state index >= 15 is 0 Å². The summed E-state index contributed by atoms with van der Waals surface area (Å²) in [6.07, 6.45) is 4.79. The van der Waals surface area contributed by atoms with Crippen molar-refractivity contribution in [3.63, 3.8) is 0 Å². The average molecular weight is 424 g/mol. The Morgan fingerprint density at radius 3 is 2.77 bits per heavy atom. The summed E-state index contributed by atoms with van der Waals surface area (Å²) >= 11 is 6.17. The fourth-order valence-electron chi connectivity index (χ4n) is 4.12. The number of amides is 2. The van der Waals surface area contributed by atoms with Crippen LogP contribution in [0.3, 0.4) is 0 Å². The molecule has 1 atom stereocenters. The number of aromatic amines is 1. The van der Waals surface area contributed by atoms with E-state index in [4.69, 9.17) is 11.6 Å². The first-order valence-corrected chi connectivity index (χ1v) is 10.8. The monoisotopic (exact) mass is 423 g/mol. The molecule has 30 heavy (non-hydrogen) atoms. The Kier molecular flexibility index (Phi) is 6.38. The molecule has 1 fully saturated rings. The van der Waals surface area contributed by atoms with Crippen LogP contribution >= 0.6 is 11.6 Å². The van der Waals surface area contributed by atoms with Gasteiger partial charge in [-0.05, 0) is 42.5 Å². The summed E-state index contributed by atoms with van der Waals surface area (Å²) in [6.45, 7) is 1.62. The highest BCUT2D eigenvalue weighted by Gasteiger charge is 2.28. The summed E-state index contributed by atoms with van der Waals surface area (Å²) in [4.78, 5) is 30.5. The Morgan fingerprint density at radius 1 is 1.10 bits per heavy atom. The molecule has 1 unspecified atom stereocenters. The number of fused-ring (bicyclic) bond motifs is 1. The van der Waals surface area contributed by atoms with Crippen LogP contribution in [0.25, 0.3) is 10.9 Å². The lowest BCUT2D eigenvalue weighted by atomic mass is 9.96. The molecular weight excluding hydrogens is 398 g/mol. The summed E-state index contributed by atoms with van der Waals surface area (Å²) < 4.78 is 0. The van der Waals surface area contributed by atoms with Gasteiger partial charge in [0.1, 0.15) is 0 Å². The number of hydrogen-bond acceptors (Lipinski definition) is 2. The number of halogens is 1. The topological polar surface area (TPSA) is 65.2 Å². The molecule has 1 aromatic heterocycles. The van der Waals surface area contributed by atoms with E-state index in [0.717, 1.165) is 36.0 Å².